The van der Waals surface area contributed by atoms with E-state index in [1.807, 2.05) is 18.2 Å². The van der Waals surface area contributed by atoms with Crippen LogP contribution in [0.5, 0.6) is 17.2 Å². The first-order chi connectivity index (χ1) is 8.24. The number of rotatable bonds is 4. The van der Waals surface area contributed by atoms with Gasteiger partial charge >= 0.3 is 6.61 Å². The van der Waals surface area contributed by atoms with Crippen molar-refractivity contribution in [1.29, 1.82) is 0 Å². The van der Waals surface area contributed by atoms with Crippen LogP contribution >= 0.6 is 0 Å². The summed E-state index contributed by atoms with van der Waals surface area (Å²) in [5.41, 5.74) is 0. The van der Waals surface area contributed by atoms with Crippen LogP contribution in [0.2, 0.25) is 0 Å². The van der Waals surface area contributed by atoms with Crippen LogP contribution < -0.4 is 9.47 Å². The second-order valence-corrected chi connectivity index (χ2v) is 3.27. The Balaban J connectivity index is 2.11. The summed E-state index contributed by atoms with van der Waals surface area (Å²) in [6.45, 7) is -2.83. The summed E-state index contributed by atoms with van der Waals surface area (Å²) in [5, 5.41) is 0. The summed E-state index contributed by atoms with van der Waals surface area (Å²) in [6, 6.07) is 15.2. The summed E-state index contributed by atoms with van der Waals surface area (Å²) < 4.78 is 33.8. The Morgan fingerprint density at radius 1 is 0.765 bits per heavy atom. The third-order valence-electron chi connectivity index (χ3n) is 2.01. The van der Waals surface area contributed by atoms with Gasteiger partial charge in [0.1, 0.15) is 17.2 Å². The first kappa shape index (κ1) is 11.4. The Morgan fingerprint density at radius 3 is 2.12 bits per heavy atom. The standard InChI is InChI=1S/C13H10F2O2/c14-13(15)17-12-8-4-7-11(9-12)16-10-5-2-1-3-6-10/h1-9,13H. The molecule has 0 N–H and O–H groups in total. The molecule has 0 spiro atoms. The van der Waals surface area contributed by atoms with E-state index in [1.165, 1.54) is 12.1 Å². The van der Waals surface area contributed by atoms with Crippen LogP contribution in [0.1, 0.15) is 0 Å². The molecule has 0 bridgehead atoms. The van der Waals surface area contributed by atoms with E-state index in [1.54, 1.807) is 24.3 Å². The average molecular weight is 236 g/mol. The quantitative estimate of drug-likeness (QED) is 0.796. The fourth-order valence-electron chi connectivity index (χ4n) is 1.34. The fourth-order valence-corrected chi connectivity index (χ4v) is 1.34. The molecular weight excluding hydrogens is 226 g/mol. The Morgan fingerprint density at radius 2 is 1.41 bits per heavy atom. The molecule has 2 aromatic rings. The number of benzene rings is 2. The van der Waals surface area contributed by atoms with Gasteiger partial charge < -0.3 is 9.47 Å². The monoisotopic (exact) mass is 236 g/mol. The summed E-state index contributed by atoms with van der Waals surface area (Å²) >= 11 is 0. The van der Waals surface area contributed by atoms with Gasteiger partial charge in [-0.25, -0.2) is 0 Å². The predicted molar refractivity (Wildman–Crippen MR) is 59.6 cm³/mol. The van der Waals surface area contributed by atoms with Crippen molar-refractivity contribution in [2.45, 2.75) is 6.61 Å². The lowest BCUT2D eigenvalue weighted by Gasteiger charge is -2.08. The van der Waals surface area contributed by atoms with Crippen molar-refractivity contribution in [3.8, 4) is 17.2 Å². The lowest BCUT2D eigenvalue weighted by Crippen LogP contribution is -2.01. The maximum Gasteiger partial charge on any atom is 0.387 e. The van der Waals surface area contributed by atoms with Gasteiger partial charge in [-0.15, -0.1) is 0 Å². The van der Waals surface area contributed by atoms with E-state index in [9.17, 15) is 8.78 Å². The average Bonchev–Trinajstić information content (AvgIpc) is 2.30. The lowest BCUT2D eigenvalue weighted by molar-refractivity contribution is -0.0499. The van der Waals surface area contributed by atoms with Crippen LogP contribution in [-0.4, -0.2) is 6.61 Å². The molecule has 0 saturated heterocycles. The Bertz CT molecular complexity index is 472. The van der Waals surface area contributed by atoms with Crippen molar-refractivity contribution in [2.24, 2.45) is 0 Å². The van der Waals surface area contributed by atoms with Crippen molar-refractivity contribution >= 4 is 0 Å². The van der Waals surface area contributed by atoms with E-state index in [0.29, 0.717) is 11.5 Å². The summed E-state index contributed by atoms with van der Waals surface area (Å²) in [5.74, 6) is 1.17. The highest BCUT2D eigenvalue weighted by Crippen LogP contribution is 2.25. The molecule has 0 atom stereocenters. The Labute approximate surface area is 97.4 Å². The Hall–Kier alpha value is -2.10. The fraction of sp³-hybridized carbons (Fsp3) is 0.0769. The molecule has 2 rings (SSSR count). The predicted octanol–water partition coefficient (Wildman–Crippen LogP) is 4.08. The molecule has 0 aliphatic carbocycles. The normalized spacial score (nSPS) is 10.3. The Kier molecular flexibility index (Phi) is 3.55. The summed E-state index contributed by atoms with van der Waals surface area (Å²) in [7, 11) is 0. The van der Waals surface area contributed by atoms with Gasteiger partial charge in [-0.05, 0) is 24.3 Å². The smallest absolute Gasteiger partial charge is 0.387 e. The largest absolute Gasteiger partial charge is 0.457 e. The highest BCUT2D eigenvalue weighted by molar-refractivity contribution is 5.36. The summed E-state index contributed by atoms with van der Waals surface area (Å²) in [6.07, 6.45) is 0. The third-order valence-corrected chi connectivity index (χ3v) is 2.01. The van der Waals surface area contributed by atoms with Gasteiger partial charge in [0.25, 0.3) is 0 Å². The maximum atomic E-state index is 12.0. The molecule has 0 aromatic heterocycles. The van der Waals surface area contributed by atoms with Crippen molar-refractivity contribution in [3.63, 3.8) is 0 Å². The number of para-hydroxylation sites is 1. The van der Waals surface area contributed by atoms with Crippen molar-refractivity contribution in [3.05, 3.63) is 54.6 Å². The third kappa shape index (κ3) is 3.45. The van der Waals surface area contributed by atoms with E-state index in [-0.39, 0.29) is 5.75 Å². The summed E-state index contributed by atoms with van der Waals surface area (Å²) in [4.78, 5) is 0. The molecular formula is C13H10F2O2. The zero-order valence-corrected chi connectivity index (χ0v) is 8.85. The number of alkyl halides is 2. The molecule has 17 heavy (non-hydrogen) atoms. The molecule has 0 saturated carbocycles. The van der Waals surface area contributed by atoms with Gasteiger partial charge in [0.05, 0.1) is 0 Å². The molecule has 0 aliphatic rings. The van der Waals surface area contributed by atoms with E-state index in [2.05, 4.69) is 4.74 Å². The minimum Gasteiger partial charge on any atom is -0.457 e. The van der Waals surface area contributed by atoms with E-state index in [4.69, 9.17) is 4.74 Å². The zero-order chi connectivity index (χ0) is 12.1. The van der Waals surface area contributed by atoms with Gasteiger partial charge in [0.2, 0.25) is 0 Å². The van der Waals surface area contributed by atoms with Crippen LogP contribution in [0, 0.1) is 0 Å². The molecule has 0 fully saturated rings. The van der Waals surface area contributed by atoms with Crippen LogP contribution in [0.15, 0.2) is 54.6 Å². The van der Waals surface area contributed by atoms with Crippen molar-refractivity contribution in [2.75, 3.05) is 0 Å². The number of halogens is 2. The van der Waals surface area contributed by atoms with Crippen LogP contribution in [0.3, 0.4) is 0 Å². The van der Waals surface area contributed by atoms with Gasteiger partial charge in [-0.2, -0.15) is 8.78 Å². The van der Waals surface area contributed by atoms with Crippen LogP contribution in [0.25, 0.3) is 0 Å². The number of hydrogen-bond acceptors (Lipinski definition) is 2. The molecule has 88 valence electrons. The highest BCUT2D eigenvalue weighted by atomic mass is 19.3. The van der Waals surface area contributed by atoms with E-state index < -0.39 is 6.61 Å². The van der Waals surface area contributed by atoms with Gasteiger partial charge in [0, 0.05) is 6.07 Å². The van der Waals surface area contributed by atoms with Crippen LogP contribution in [-0.2, 0) is 0 Å². The molecule has 4 heteroatoms. The SMILES string of the molecule is FC(F)Oc1cccc(Oc2ccccc2)c1. The highest BCUT2D eigenvalue weighted by Gasteiger charge is 2.05. The minimum atomic E-state index is -2.83. The molecule has 0 aliphatic heterocycles. The molecule has 2 nitrogen and oxygen atoms in total. The number of hydrogen-bond donors (Lipinski definition) is 0. The zero-order valence-electron chi connectivity index (χ0n) is 8.85. The molecule has 2 aromatic carbocycles. The topological polar surface area (TPSA) is 18.5 Å². The molecule has 0 amide bonds. The number of ether oxygens (including phenoxy) is 2. The first-order valence-electron chi connectivity index (χ1n) is 5.02. The molecule has 0 heterocycles. The van der Waals surface area contributed by atoms with E-state index >= 15 is 0 Å². The molecule has 0 radical (unpaired) electrons. The van der Waals surface area contributed by atoms with Crippen molar-refractivity contribution in [1.82, 2.24) is 0 Å². The van der Waals surface area contributed by atoms with Crippen molar-refractivity contribution < 1.29 is 18.3 Å². The minimum absolute atomic E-state index is 0.0773. The molecule has 0 unspecified atom stereocenters. The maximum absolute atomic E-state index is 12.0. The lowest BCUT2D eigenvalue weighted by atomic mass is 10.3. The van der Waals surface area contributed by atoms with Gasteiger partial charge in [-0.3, -0.25) is 0 Å². The van der Waals surface area contributed by atoms with Crippen LogP contribution in [0.4, 0.5) is 8.78 Å². The second kappa shape index (κ2) is 5.30. The first-order valence-corrected chi connectivity index (χ1v) is 5.02. The van der Waals surface area contributed by atoms with Gasteiger partial charge in [-0.1, -0.05) is 24.3 Å². The second-order valence-electron chi connectivity index (χ2n) is 3.27. The van der Waals surface area contributed by atoms with Gasteiger partial charge in [0.15, 0.2) is 0 Å². The van der Waals surface area contributed by atoms with E-state index in [0.717, 1.165) is 0 Å².